The zero-order chi connectivity index (χ0) is 23.0. The van der Waals surface area contributed by atoms with Gasteiger partial charge in [0.1, 0.15) is 0 Å². The van der Waals surface area contributed by atoms with Crippen LogP contribution in [0.3, 0.4) is 0 Å². The van der Waals surface area contributed by atoms with Gasteiger partial charge < -0.3 is 4.74 Å². The predicted molar refractivity (Wildman–Crippen MR) is 124 cm³/mol. The highest BCUT2D eigenvalue weighted by molar-refractivity contribution is 7.87. The number of aryl methyl sites for hydroxylation is 1. The number of piperidine rings is 1. The number of carbonyl (C=O) groups excluding carboxylic acids is 1. The van der Waals surface area contributed by atoms with Crippen molar-refractivity contribution in [2.24, 2.45) is 0 Å². The van der Waals surface area contributed by atoms with Gasteiger partial charge in [0.25, 0.3) is 10.2 Å². The number of hydrogen-bond donors (Lipinski definition) is 1. The summed E-state index contributed by atoms with van der Waals surface area (Å²) in [6.45, 7) is 5.14. The monoisotopic (exact) mass is 459 g/mol. The zero-order valence-electron chi connectivity index (χ0n) is 18.9. The van der Waals surface area contributed by atoms with Crippen molar-refractivity contribution in [1.29, 1.82) is 0 Å². The minimum Gasteiger partial charge on any atom is -0.466 e. The van der Waals surface area contributed by atoms with Crippen LogP contribution in [0.15, 0.2) is 42.7 Å². The van der Waals surface area contributed by atoms with Crippen molar-refractivity contribution >= 4 is 16.2 Å². The largest absolute Gasteiger partial charge is 0.466 e. The molecule has 1 aromatic carbocycles. The van der Waals surface area contributed by atoms with Crippen molar-refractivity contribution < 1.29 is 17.9 Å². The highest BCUT2D eigenvalue weighted by Crippen LogP contribution is 2.22. The van der Waals surface area contributed by atoms with E-state index in [2.05, 4.69) is 15.8 Å². The van der Waals surface area contributed by atoms with E-state index in [-0.39, 0.29) is 12.4 Å². The Balaban J connectivity index is 1.81. The number of ether oxygens (including phenoxy) is 1. The molecule has 1 unspecified atom stereocenters. The number of esters is 1. The summed E-state index contributed by atoms with van der Waals surface area (Å²) in [6, 6.07) is 9.61. The first-order valence-corrected chi connectivity index (χ1v) is 12.8. The molecular formula is C24H33N3O4S. The fourth-order valence-corrected chi connectivity index (χ4v) is 5.45. The number of hydrogen-bond acceptors (Lipinski definition) is 5. The van der Waals surface area contributed by atoms with Gasteiger partial charge in [-0.1, -0.05) is 30.7 Å². The molecule has 2 heterocycles. The first-order chi connectivity index (χ1) is 15.4. The number of nitrogens with zero attached hydrogens (tertiary/aromatic N) is 2. The lowest BCUT2D eigenvalue weighted by atomic mass is 9.96. The van der Waals surface area contributed by atoms with E-state index in [1.54, 1.807) is 13.1 Å². The Morgan fingerprint density at radius 2 is 1.91 bits per heavy atom. The standard InChI is InChI=1S/C24H33N3O4S/c1-3-31-24(28)10-9-20-14-22(15-21-8-7-11-25-18-21)17-23(16-20)19(2)26-32(29,30)27-12-5-4-6-13-27/h7-8,11,14,16-19,26H,3-6,9-10,12-13,15H2,1-2H3. The lowest BCUT2D eigenvalue weighted by Gasteiger charge is -2.28. The summed E-state index contributed by atoms with van der Waals surface area (Å²) in [4.78, 5) is 16.0. The van der Waals surface area contributed by atoms with E-state index in [0.29, 0.717) is 32.5 Å². The molecule has 7 nitrogen and oxygen atoms in total. The van der Waals surface area contributed by atoms with E-state index in [4.69, 9.17) is 4.74 Å². The molecule has 1 atom stereocenters. The highest BCUT2D eigenvalue weighted by Gasteiger charge is 2.26. The number of benzene rings is 1. The SMILES string of the molecule is CCOC(=O)CCc1cc(Cc2cccnc2)cc(C(C)NS(=O)(=O)N2CCCCC2)c1. The number of carbonyl (C=O) groups is 1. The van der Waals surface area contributed by atoms with Crippen molar-refractivity contribution in [1.82, 2.24) is 14.0 Å². The molecule has 0 spiro atoms. The van der Waals surface area contributed by atoms with Gasteiger partial charge in [0.15, 0.2) is 0 Å². The Bertz CT molecular complexity index is 990. The van der Waals surface area contributed by atoms with Crippen LogP contribution in [0.4, 0.5) is 0 Å². The molecule has 0 radical (unpaired) electrons. The third-order valence-electron chi connectivity index (χ3n) is 5.61. The normalized spacial score (nSPS) is 15.9. The van der Waals surface area contributed by atoms with Gasteiger partial charge in [0, 0.05) is 37.9 Å². The third-order valence-corrected chi connectivity index (χ3v) is 7.31. The molecule has 1 aromatic heterocycles. The molecule has 0 aliphatic carbocycles. The van der Waals surface area contributed by atoms with Crippen LogP contribution in [0.5, 0.6) is 0 Å². The lowest BCUT2D eigenvalue weighted by molar-refractivity contribution is -0.143. The van der Waals surface area contributed by atoms with Crippen molar-refractivity contribution in [3.8, 4) is 0 Å². The van der Waals surface area contributed by atoms with E-state index >= 15 is 0 Å². The fraction of sp³-hybridized carbons (Fsp3) is 0.500. The number of pyridine rings is 1. The van der Waals surface area contributed by atoms with Gasteiger partial charge in [-0.15, -0.1) is 0 Å². The van der Waals surface area contributed by atoms with E-state index in [9.17, 15) is 13.2 Å². The molecule has 2 aromatic rings. The van der Waals surface area contributed by atoms with Gasteiger partial charge in [-0.05, 0) is 67.9 Å². The number of rotatable bonds is 10. The van der Waals surface area contributed by atoms with Crippen LogP contribution in [0.2, 0.25) is 0 Å². The molecule has 1 saturated heterocycles. The van der Waals surface area contributed by atoms with Gasteiger partial charge in [-0.3, -0.25) is 9.78 Å². The van der Waals surface area contributed by atoms with Crippen LogP contribution >= 0.6 is 0 Å². The molecule has 0 saturated carbocycles. The maximum atomic E-state index is 12.9. The summed E-state index contributed by atoms with van der Waals surface area (Å²) in [5.41, 5.74) is 3.99. The van der Waals surface area contributed by atoms with Gasteiger partial charge >= 0.3 is 5.97 Å². The maximum absolute atomic E-state index is 12.9. The van der Waals surface area contributed by atoms with Crippen molar-refractivity contribution in [2.45, 2.75) is 58.4 Å². The molecule has 1 aliphatic rings. The van der Waals surface area contributed by atoms with E-state index in [0.717, 1.165) is 41.5 Å². The van der Waals surface area contributed by atoms with Crippen LogP contribution in [-0.4, -0.2) is 43.4 Å². The fourth-order valence-electron chi connectivity index (χ4n) is 3.98. The Kier molecular flexibility index (Phi) is 8.78. The average Bonchev–Trinajstić information content (AvgIpc) is 2.79. The summed E-state index contributed by atoms with van der Waals surface area (Å²) < 4.78 is 35.2. The van der Waals surface area contributed by atoms with Crippen molar-refractivity contribution in [3.05, 3.63) is 65.0 Å². The van der Waals surface area contributed by atoms with Crippen LogP contribution in [0.1, 0.15) is 67.8 Å². The Morgan fingerprint density at radius 3 is 2.59 bits per heavy atom. The Labute approximate surface area is 191 Å². The molecule has 0 amide bonds. The topological polar surface area (TPSA) is 88.6 Å². The second kappa shape index (κ2) is 11.5. The average molecular weight is 460 g/mol. The van der Waals surface area contributed by atoms with E-state index in [1.807, 2.05) is 37.4 Å². The summed E-state index contributed by atoms with van der Waals surface area (Å²) in [5, 5.41) is 0. The molecule has 1 aliphatic heterocycles. The Hall–Kier alpha value is -2.29. The van der Waals surface area contributed by atoms with Crippen LogP contribution < -0.4 is 4.72 Å². The van der Waals surface area contributed by atoms with Gasteiger partial charge in [0.05, 0.1) is 6.61 Å². The predicted octanol–water partition coefficient (Wildman–Crippen LogP) is 3.55. The van der Waals surface area contributed by atoms with Gasteiger partial charge in [0.2, 0.25) is 0 Å². The van der Waals surface area contributed by atoms with Crippen molar-refractivity contribution in [3.63, 3.8) is 0 Å². The summed E-state index contributed by atoms with van der Waals surface area (Å²) >= 11 is 0. The molecule has 0 bridgehead atoms. The first-order valence-electron chi connectivity index (χ1n) is 11.3. The maximum Gasteiger partial charge on any atom is 0.306 e. The first kappa shape index (κ1) is 24.4. The lowest BCUT2D eigenvalue weighted by Crippen LogP contribution is -2.44. The minimum absolute atomic E-state index is 0.231. The van der Waals surface area contributed by atoms with Gasteiger partial charge in [-0.25, -0.2) is 0 Å². The highest BCUT2D eigenvalue weighted by atomic mass is 32.2. The molecule has 1 fully saturated rings. The number of aromatic nitrogens is 1. The number of nitrogens with one attached hydrogen (secondary N) is 1. The smallest absolute Gasteiger partial charge is 0.306 e. The molecule has 32 heavy (non-hydrogen) atoms. The van der Waals surface area contributed by atoms with Crippen LogP contribution in [0.25, 0.3) is 0 Å². The Morgan fingerprint density at radius 1 is 1.16 bits per heavy atom. The quantitative estimate of drug-likeness (QED) is 0.549. The van der Waals surface area contributed by atoms with Crippen LogP contribution in [0, 0.1) is 0 Å². The summed E-state index contributed by atoms with van der Waals surface area (Å²) in [7, 11) is -3.55. The molecule has 8 heteroatoms. The minimum atomic E-state index is -3.55. The molecular weight excluding hydrogens is 426 g/mol. The summed E-state index contributed by atoms with van der Waals surface area (Å²) in [6.07, 6.45) is 7.94. The van der Waals surface area contributed by atoms with E-state index < -0.39 is 16.3 Å². The van der Waals surface area contributed by atoms with E-state index in [1.165, 1.54) is 4.31 Å². The van der Waals surface area contributed by atoms with Gasteiger partial charge in [-0.2, -0.15) is 17.4 Å². The molecule has 174 valence electrons. The summed E-state index contributed by atoms with van der Waals surface area (Å²) in [5.74, 6) is -0.231. The second-order valence-electron chi connectivity index (χ2n) is 8.23. The van der Waals surface area contributed by atoms with Crippen LogP contribution in [-0.2, 0) is 32.6 Å². The van der Waals surface area contributed by atoms with Crippen molar-refractivity contribution in [2.75, 3.05) is 19.7 Å². The second-order valence-corrected chi connectivity index (χ2v) is 9.93. The zero-order valence-corrected chi connectivity index (χ0v) is 19.7. The molecule has 3 rings (SSSR count). The molecule has 1 N–H and O–H groups in total. The third kappa shape index (κ3) is 7.12.